The Labute approximate surface area is 161 Å². The number of alkyl halides is 2. The average molecular weight is 453 g/mol. The maximum Gasteiger partial charge on any atom is 0.262 e. The van der Waals surface area contributed by atoms with Gasteiger partial charge in [-0.15, -0.1) is 4.72 Å². The van der Waals surface area contributed by atoms with Gasteiger partial charge < -0.3 is 13.9 Å². The van der Waals surface area contributed by atoms with Crippen LogP contribution >= 0.6 is 15.9 Å². The van der Waals surface area contributed by atoms with Gasteiger partial charge in [0.25, 0.3) is 6.43 Å². The minimum absolute atomic E-state index is 0.00930. The highest BCUT2D eigenvalue weighted by Crippen LogP contribution is 2.37. The van der Waals surface area contributed by atoms with Gasteiger partial charge in [0.1, 0.15) is 16.6 Å². The molecule has 1 aromatic heterocycles. The molecule has 1 fully saturated rings. The Hall–Kier alpha value is -0.740. The number of aromatic nitrogens is 1. The molecule has 0 saturated carbocycles. The highest BCUT2D eigenvalue weighted by atomic mass is 79.9. The van der Waals surface area contributed by atoms with E-state index in [4.69, 9.17) is 4.74 Å². The first-order chi connectivity index (χ1) is 12.1. The molecule has 1 N–H and O–H groups in total. The van der Waals surface area contributed by atoms with Crippen molar-refractivity contribution in [1.29, 1.82) is 0 Å². The number of benzene rings is 1. The van der Waals surface area contributed by atoms with Gasteiger partial charge in [-0.3, -0.25) is 0 Å². The molecular weight excluding hydrogens is 433 g/mol. The fourth-order valence-electron chi connectivity index (χ4n) is 2.75. The molecule has 0 bridgehead atoms. The molecule has 26 heavy (non-hydrogen) atoms. The van der Waals surface area contributed by atoms with Crippen molar-refractivity contribution in [3.05, 3.63) is 34.2 Å². The number of hydrogen-bond acceptors (Lipinski definition) is 3. The highest BCUT2D eigenvalue weighted by Gasteiger charge is 2.36. The first-order valence-electron chi connectivity index (χ1n) is 8.13. The standard InChI is InChI=1S/C17H20BrF3N2O2S/c1-17(2,3)26(24)22-15(16(20)21)11-6-23(9-7-25-8-9)14-5-12(18)13(19)4-10(11)14/h4-6,9,15-16,22H,7-8H2,1-3H3. The summed E-state index contributed by atoms with van der Waals surface area (Å²) < 4.78 is 63.2. The van der Waals surface area contributed by atoms with Crippen molar-refractivity contribution in [2.75, 3.05) is 13.2 Å². The van der Waals surface area contributed by atoms with Crippen molar-refractivity contribution in [3.63, 3.8) is 0 Å². The molecule has 1 aromatic carbocycles. The SMILES string of the molecule is CC(C)(C)[S+]([O-])NC(c1cn(C2COC2)c2cc(Br)c(F)cc12)C(F)F. The summed E-state index contributed by atoms with van der Waals surface area (Å²) in [7, 11) is 0. The molecule has 144 valence electrons. The number of ether oxygens (including phenoxy) is 1. The second kappa shape index (κ2) is 7.35. The molecule has 0 aliphatic carbocycles. The third-order valence-electron chi connectivity index (χ3n) is 4.30. The highest BCUT2D eigenvalue weighted by molar-refractivity contribution is 9.10. The summed E-state index contributed by atoms with van der Waals surface area (Å²) in [5.41, 5.74) is 0.862. The van der Waals surface area contributed by atoms with Crippen LogP contribution in [0.15, 0.2) is 22.8 Å². The summed E-state index contributed by atoms with van der Waals surface area (Å²) in [6.45, 7) is 6.04. The van der Waals surface area contributed by atoms with Gasteiger partial charge in [0.2, 0.25) is 0 Å². The van der Waals surface area contributed by atoms with Crippen LogP contribution in [0.25, 0.3) is 10.9 Å². The minimum Gasteiger partial charge on any atom is -0.598 e. The van der Waals surface area contributed by atoms with Crippen LogP contribution in [0.4, 0.5) is 13.2 Å². The summed E-state index contributed by atoms with van der Waals surface area (Å²) in [5.74, 6) is -0.536. The van der Waals surface area contributed by atoms with Crippen LogP contribution < -0.4 is 4.72 Å². The van der Waals surface area contributed by atoms with Gasteiger partial charge in [0.15, 0.2) is 0 Å². The molecule has 9 heteroatoms. The second-order valence-electron chi connectivity index (χ2n) is 7.28. The normalized spacial score (nSPS) is 18.3. The minimum atomic E-state index is -2.80. The molecule has 4 nitrogen and oxygen atoms in total. The van der Waals surface area contributed by atoms with Crippen molar-refractivity contribution in [2.45, 2.75) is 44.0 Å². The molecule has 3 rings (SSSR count). The van der Waals surface area contributed by atoms with Crippen molar-refractivity contribution < 1.29 is 22.5 Å². The van der Waals surface area contributed by atoms with E-state index in [1.54, 1.807) is 33.0 Å². The van der Waals surface area contributed by atoms with Gasteiger partial charge in [0, 0.05) is 28.5 Å². The largest absolute Gasteiger partial charge is 0.598 e. The van der Waals surface area contributed by atoms with E-state index in [9.17, 15) is 17.7 Å². The molecule has 2 aromatic rings. The average Bonchev–Trinajstić information content (AvgIpc) is 2.80. The Morgan fingerprint density at radius 1 is 1.35 bits per heavy atom. The van der Waals surface area contributed by atoms with Crippen molar-refractivity contribution in [3.8, 4) is 0 Å². The fourth-order valence-corrected chi connectivity index (χ4v) is 3.89. The Morgan fingerprint density at radius 3 is 2.50 bits per heavy atom. The summed E-state index contributed by atoms with van der Waals surface area (Å²) >= 11 is 1.45. The maximum atomic E-state index is 14.1. The van der Waals surface area contributed by atoms with Crippen LogP contribution in [-0.2, 0) is 16.1 Å². The van der Waals surface area contributed by atoms with Crippen LogP contribution in [0, 0.1) is 5.82 Å². The van der Waals surface area contributed by atoms with E-state index in [1.165, 1.54) is 6.07 Å². The molecule has 1 aliphatic heterocycles. The van der Waals surface area contributed by atoms with E-state index in [2.05, 4.69) is 20.7 Å². The Morgan fingerprint density at radius 2 is 2.00 bits per heavy atom. The van der Waals surface area contributed by atoms with Crippen LogP contribution in [0.1, 0.15) is 38.4 Å². The molecule has 2 heterocycles. The van der Waals surface area contributed by atoms with E-state index in [-0.39, 0.29) is 16.1 Å². The predicted octanol–water partition coefficient (Wildman–Crippen LogP) is 4.47. The number of fused-ring (bicyclic) bond motifs is 1. The fraction of sp³-hybridized carbons (Fsp3) is 0.529. The number of halogens is 4. The van der Waals surface area contributed by atoms with E-state index < -0.39 is 34.4 Å². The van der Waals surface area contributed by atoms with E-state index >= 15 is 0 Å². The van der Waals surface area contributed by atoms with Gasteiger partial charge in [-0.2, -0.15) is 0 Å². The van der Waals surface area contributed by atoms with Gasteiger partial charge in [-0.05, 0) is 48.8 Å². The van der Waals surface area contributed by atoms with Crippen LogP contribution in [0.5, 0.6) is 0 Å². The first kappa shape index (κ1) is 20.0. The maximum absolute atomic E-state index is 14.1. The molecule has 1 aliphatic rings. The molecular formula is C17H20BrF3N2O2S. The molecule has 2 unspecified atom stereocenters. The summed E-state index contributed by atoms with van der Waals surface area (Å²) in [4.78, 5) is 0. The van der Waals surface area contributed by atoms with Gasteiger partial charge in [-0.25, -0.2) is 13.2 Å². The van der Waals surface area contributed by atoms with Crippen LogP contribution in [0.2, 0.25) is 0 Å². The zero-order chi connectivity index (χ0) is 19.2. The zero-order valence-corrected chi connectivity index (χ0v) is 17.0. The lowest BCUT2D eigenvalue weighted by Crippen LogP contribution is -2.43. The lowest BCUT2D eigenvalue weighted by atomic mass is 10.1. The number of hydrogen-bond donors (Lipinski definition) is 1. The first-order valence-corrected chi connectivity index (χ1v) is 10.1. The molecule has 1 saturated heterocycles. The molecule has 0 spiro atoms. The van der Waals surface area contributed by atoms with E-state index in [0.717, 1.165) is 0 Å². The Balaban J connectivity index is 2.10. The third-order valence-corrected chi connectivity index (χ3v) is 6.49. The number of nitrogens with zero attached hydrogens (tertiary/aromatic N) is 1. The number of nitrogens with one attached hydrogen (secondary N) is 1. The number of rotatable bonds is 5. The van der Waals surface area contributed by atoms with E-state index in [1.807, 2.05) is 4.57 Å². The summed E-state index contributed by atoms with van der Waals surface area (Å²) in [6, 6.07) is 1.35. The quantitative estimate of drug-likeness (QED) is 0.680. The summed E-state index contributed by atoms with van der Waals surface area (Å²) in [6.07, 6.45) is -1.21. The third kappa shape index (κ3) is 3.77. The lowest BCUT2D eigenvalue weighted by Gasteiger charge is -2.29. The lowest BCUT2D eigenvalue weighted by molar-refractivity contribution is -0.0215. The molecule has 2 atom stereocenters. The van der Waals surface area contributed by atoms with Crippen molar-refractivity contribution in [2.24, 2.45) is 0 Å². The Bertz CT molecular complexity index is 805. The Kier molecular flexibility index (Phi) is 5.66. The van der Waals surface area contributed by atoms with E-state index in [0.29, 0.717) is 24.1 Å². The molecule has 0 radical (unpaired) electrons. The predicted molar refractivity (Wildman–Crippen MR) is 99.2 cm³/mol. The van der Waals surface area contributed by atoms with Crippen molar-refractivity contribution in [1.82, 2.24) is 9.29 Å². The smallest absolute Gasteiger partial charge is 0.262 e. The second-order valence-corrected chi connectivity index (χ2v) is 10.1. The zero-order valence-electron chi connectivity index (χ0n) is 14.6. The molecule has 0 amide bonds. The van der Waals surface area contributed by atoms with Crippen LogP contribution in [-0.4, -0.2) is 33.5 Å². The van der Waals surface area contributed by atoms with Gasteiger partial charge in [-0.1, -0.05) is 0 Å². The van der Waals surface area contributed by atoms with Gasteiger partial charge in [0.05, 0.1) is 29.2 Å². The summed E-state index contributed by atoms with van der Waals surface area (Å²) in [5, 5.41) is 0.376. The monoisotopic (exact) mass is 452 g/mol. The van der Waals surface area contributed by atoms with Gasteiger partial charge >= 0.3 is 0 Å². The van der Waals surface area contributed by atoms with Crippen LogP contribution in [0.3, 0.4) is 0 Å². The van der Waals surface area contributed by atoms with Crippen molar-refractivity contribution >= 4 is 38.2 Å². The topological polar surface area (TPSA) is 49.2 Å².